The molecule has 0 aliphatic heterocycles. The highest BCUT2D eigenvalue weighted by Gasteiger charge is 2.31. The normalized spacial score (nSPS) is 14.3. The largest absolute Gasteiger partial charge is 0.365 e. The lowest BCUT2D eigenvalue weighted by Gasteiger charge is -2.08. The van der Waals surface area contributed by atoms with Gasteiger partial charge < -0.3 is 5.73 Å². The minimum absolute atomic E-state index is 0.178. The number of hydrogen-bond acceptors (Lipinski definition) is 2. The Hall–Kier alpha value is -1.90. The van der Waals surface area contributed by atoms with E-state index in [-0.39, 0.29) is 11.4 Å². The van der Waals surface area contributed by atoms with Crippen molar-refractivity contribution in [3.63, 3.8) is 0 Å². The molecule has 0 spiro atoms. The molecule has 0 aromatic heterocycles. The molecule has 18 heavy (non-hydrogen) atoms. The van der Waals surface area contributed by atoms with Crippen LogP contribution in [0.15, 0.2) is 29.8 Å². The molecule has 0 radical (unpaired) electrons. The summed E-state index contributed by atoms with van der Waals surface area (Å²) in [6.45, 7) is 4.24. The Morgan fingerprint density at radius 1 is 1.22 bits per heavy atom. The second-order valence-electron chi connectivity index (χ2n) is 5.03. The van der Waals surface area contributed by atoms with E-state index in [9.17, 15) is 9.59 Å². The number of amides is 1. The first-order valence-corrected chi connectivity index (χ1v) is 6.19. The van der Waals surface area contributed by atoms with Gasteiger partial charge in [-0.2, -0.15) is 0 Å². The van der Waals surface area contributed by atoms with Crippen molar-refractivity contribution >= 4 is 17.3 Å². The van der Waals surface area contributed by atoms with E-state index in [1.165, 1.54) is 0 Å². The molecule has 1 aliphatic carbocycles. The molecule has 94 valence electrons. The molecule has 2 N–H and O–H groups in total. The number of rotatable bonds is 4. The van der Waals surface area contributed by atoms with E-state index >= 15 is 0 Å². The van der Waals surface area contributed by atoms with Crippen molar-refractivity contribution in [2.24, 2.45) is 11.7 Å². The van der Waals surface area contributed by atoms with Crippen LogP contribution in [0.2, 0.25) is 0 Å². The van der Waals surface area contributed by atoms with Gasteiger partial charge in [-0.15, -0.1) is 0 Å². The van der Waals surface area contributed by atoms with Gasteiger partial charge in [0.15, 0.2) is 5.78 Å². The highest BCUT2D eigenvalue weighted by molar-refractivity contribution is 6.34. The number of carbonyl (C=O) groups is 2. The number of allylic oxidation sites excluding steroid dienone is 1. The van der Waals surface area contributed by atoms with Gasteiger partial charge in [-0.05, 0) is 29.9 Å². The quantitative estimate of drug-likeness (QED) is 0.826. The Bertz CT molecular complexity index is 541. The van der Waals surface area contributed by atoms with Crippen LogP contribution in [0.5, 0.6) is 0 Å². The standard InChI is InChI=1S/C15H17NO2/c1-9(2)7-8-11-10-5-3-4-6-12(10)14(17)13(11)15(16)18/h3-6,9H,7-8H2,1-2H3,(H2,16,18). The molecule has 0 bridgehead atoms. The summed E-state index contributed by atoms with van der Waals surface area (Å²) in [5.74, 6) is -0.318. The van der Waals surface area contributed by atoms with E-state index in [0.29, 0.717) is 11.5 Å². The Kier molecular flexibility index (Phi) is 3.32. The van der Waals surface area contributed by atoms with Crippen LogP contribution in [0, 0.1) is 5.92 Å². The summed E-state index contributed by atoms with van der Waals surface area (Å²) in [7, 11) is 0. The highest BCUT2D eigenvalue weighted by Crippen LogP contribution is 2.36. The van der Waals surface area contributed by atoms with Crippen LogP contribution in [-0.2, 0) is 4.79 Å². The molecule has 0 fully saturated rings. The van der Waals surface area contributed by atoms with Crippen molar-refractivity contribution in [1.29, 1.82) is 0 Å². The minimum Gasteiger partial charge on any atom is -0.365 e. The first-order valence-electron chi connectivity index (χ1n) is 6.19. The topological polar surface area (TPSA) is 60.2 Å². The first kappa shape index (κ1) is 12.6. The van der Waals surface area contributed by atoms with E-state index in [1.807, 2.05) is 12.1 Å². The zero-order chi connectivity index (χ0) is 13.3. The summed E-state index contributed by atoms with van der Waals surface area (Å²) >= 11 is 0. The van der Waals surface area contributed by atoms with Gasteiger partial charge >= 0.3 is 0 Å². The average molecular weight is 243 g/mol. The first-order chi connectivity index (χ1) is 8.52. The predicted octanol–water partition coefficient (Wildman–Crippen LogP) is 2.56. The van der Waals surface area contributed by atoms with E-state index < -0.39 is 5.91 Å². The zero-order valence-electron chi connectivity index (χ0n) is 10.7. The Balaban J connectivity index is 2.46. The molecule has 1 amide bonds. The SMILES string of the molecule is CC(C)CCC1=C(C(N)=O)C(=O)c2ccccc21. The number of nitrogens with two attached hydrogens (primary N) is 1. The summed E-state index contributed by atoms with van der Waals surface area (Å²) < 4.78 is 0. The molecule has 3 heteroatoms. The molecular formula is C15H17NO2. The van der Waals surface area contributed by atoms with Crippen molar-refractivity contribution in [2.75, 3.05) is 0 Å². The number of ketones is 1. The number of primary amides is 1. The third-order valence-electron chi connectivity index (χ3n) is 3.24. The molecule has 0 heterocycles. The van der Waals surface area contributed by atoms with Gasteiger partial charge in [0.25, 0.3) is 5.91 Å². The third-order valence-corrected chi connectivity index (χ3v) is 3.24. The maximum Gasteiger partial charge on any atom is 0.252 e. The predicted molar refractivity (Wildman–Crippen MR) is 71.0 cm³/mol. The lowest BCUT2D eigenvalue weighted by Crippen LogP contribution is -2.19. The number of benzene rings is 1. The van der Waals surface area contributed by atoms with Gasteiger partial charge in [0.05, 0.1) is 5.57 Å². The van der Waals surface area contributed by atoms with Gasteiger partial charge in [0.1, 0.15) is 0 Å². The van der Waals surface area contributed by atoms with Crippen molar-refractivity contribution in [3.05, 3.63) is 41.0 Å². The molecule has 0 unspecified atom stereocenters. The number of hydrogen-bond donors (Lipinski definition) is 1. The number of carbonyl (C=O) groups excluding carboxylic acids is 2. The molecule has 3 nitrogen and oxygen atoms in total. The van der Waals surface area contributed by atoms with Crippen LogP contribution in [0.25, 0.3) is 5.57 Å². The third kappa shape index (κ3) is 2.08. The summed E-state index contributed by atoms with van der Waals surface area (Å²) in [5.41, 5.74) is 7.81. The van der Waals surface area contributed by atoms with Gasteiger partial charge in [-0.3, -0.25) is 9.59 Å². The minimum atomic E-state index is -0.616. The Morgan fingerprint density at radius 2 is 1.83 bits per heavy atom. The molecule has 1 aliphatic rings. The van der Waals surface area contributed by atoms with Crippen LogP contribution in [0.1, 0.15) is 42.6 Å². The molecular weight excluding hydrogens is 226 g/mol. The van der Waals surface area contributed by atoms with Gasteiger partial charge in [-0.1, -0.05) is 38.1 Å². The number of fused-ring (bicyclic) bond motifs is 1. The van der Waals surface area contributed by atoms with Crippen LogP contribution in [0.4, 0.5) is 0 Å². The monoisotopic (exact) mass is 243 g/mol. The van der Waals surface area contributed by atoms with Gasteiger partial charge in [-0.25, -0.2) is 0 Å². The van der Waals surface area contributed by atoms with E-state index in [0.717, 1.165) is 24.0 Å². The van der Waals surface area contributed by atoms with Crippen LogP contribution in [0.3, 0.4) is 0 Å². The second-order valence-corrected chi connectivity index (χ2v) is 5.03. The molecule has 1 aromatic carbocycles. The second kappa shape index (κ2) is 4.77. The Morgan fingerprint density at radius 3 is 2.39 bits per heavy atom. The molecule has 0 atom stereocenters. The molecule has 0 saturated heterocycles. The molecule has 2 rings (SSSR count). The van der Waals surface area contributed by atoms with Crippen LogP contribution >= 0.6 is 0 Å². The fraction of sp³-hybridized carbons (Fsp3) is 0.333. The van der Waals surface area contributed by atoms with Crippen molar-refractivity contribution in [3.8, 4) is 0 Å². The van der Waals surface area contributed by atoms with E-state index in [4.69, 9.17) is 5.73 Å². The number of Topliss-reactive ketones (excluding diaryl/α,β-unsaturated/α-hetero) is 1. The van der Waals surface area contributed by atoms with Crippen molar-refractivity contribution in [2.45, 2.75) is 26.7 Å². The smallest absolute Gasteiger partial charge is 0.252 e. The summed E-state index contributed by atoms with van der Waals surface area (Å²) in [4.78, 5) is 23.6. The lowest BCUT2D eigenvalue weighted by atomic mass is 9.96. The van der Waals surface area contributed by atoms with E-state index in [1.54, 1.807) is 12.1 Å². The van der Waals surface area contributed by atoms with Gasteiger partial charge in [0, 0.05) is 5.56 Å². The van der Waals surface area contributed by atoms with Crippen LogP contribution in [-0.4, -0.2) is 11.7 Å². The average Bonchev–Trinajstić information content (AvgIpc) is 2.60. The molecule has 1 aromatic rings. The fourth-order valence-corrected chi connectivity index (χ4v) is 2.30. The van der Waals surface area contributed by atoms with Gasteiger partial charge in [0.2, 0.25) is 0 Å². The zero-order valence-corrected chi connectivity index (χ0v) is 10.7. The maximum absolute atomic E-state index is 12.1. The van der Waals surface area contributed by atoms with Crippen molar-refractivity contribution in [1.82, 2.24) is 0 Å². The van der Waals surface area contributed by atoms with Crippen LogP contribution < -0.4 is 5.73 Å². The summed E-state index contributed by atoms with van der Waals surface area (Å²) in [5, 5.41) is 0. The fourth-order valence-electron chi connectivity index (χ4n) is 2.30. The highest BCUT2D eigenvalue weighted by atomic mass is 16.2. The summed E-state index contributed by atoms with van der Waals surface area (Å²) in [6.07, 6.45) is 1.66. The Labute approximate surface area is 107 Å². The van der Waals surface area contributed by atoms with Crippen molar-refractivity contribution < 1.29 is 9.59 Å². The molecule has 0 saturated carbocycles. The summed E-state index contributed by atoms with van der Waals surface area (Å²) in [6, 6.07) is 7.33. The maximum atomic E-state index is 12.1. The van der Waals surface area contributed by atoms with E-state index in [2.05, 4.69) is 13.8 Å². The lowest BCUT2D eigenvalue weighted by molar-refractivity contribution is -0.114.